The van der Waals surface area contributed by atoms with Crippen LogP contribution in [0.5, 0.6) is 0 Å². The number of ether oxygens (including phenoxy) is 12. The van der Waals surface area contributed by atoms with Gasteiger partial charge in [0.1, 0.15) is 86.4 Å². The molecule has 0 aromatic carbocycles. The van der Waals surface area contributed by atoms with E-state index in [1.165, 1.54) is 56.9 Å². The van der Waals surface area contributed by atoms with E-state index in [2.05, 4.69) is 39.9 Å². The first kappa shape index (κ1) is 78.3. The van der Waals surface area contributed by atoms with Crippen molar-refractivity contribution in [3.63, 3.8) is 0 Å². The summed E-state index contributed by atoms with van der Waals surface area (Å²) in [5, 5.41) is 11.7. The standard InChI is InChI=1S/C53H78N15O27P3S3/c1-8-26-33(37(83-14-10-79-5)47(89-26)66-18-25(3)43(70)64-53(66)74)93-97(76,100)87-20-28-35(39(85-16-12-81-7)49(91-28)68-23-58-31-42(68)61-51(56)63-45(31)72)95-98(77,101)88-21-29-34(38(84-15-11-80-6)48(92-29)67-22-57-30-41(67)60-50(55)62-44(30)71)94-96(75,99)86-19-27-32(69)36(82-13-9-78-4)46(90-27)65-17-24(2)40(54)59-52(65)73/h17-18,22-23,26-29,32-39,46-49,69H,8-16,19-21H2,1-7H3,(H,75,99)(H,76,100)(H,77,101)(H2,54,59,73)(H,64,70,74)(H3,55,60,62,71)(H3,56,61,63,72)/p-3/t26-,27-,28-,29-,32+,33+,34+,35+,36?,37?,38?,39?,46-,47-,48-,49-,96?,97?,98?/m1/s1. The van der Waals surface area contributed by atoms with Crippen LogP contribution in [0.4, 0.5) is 17.7 Å². The lowest BCUT2D eigenvalue weighted by Crippen LogP contribution is -2.41. The molecule has 4 aliphatic heterocycles. The maximum absolute atomic E-state index is 15.2. The van der Waals surface area contributed by atoms with E-state index in [9.17, 15) is 38.9 Å². The van der Waals surface area contributed by atoms with Gasteiger partial charge in [0.2, 0.25) is 11.9 Å². The van der Waals surface area contributed by atoms with Gasteiger partial charge in [0.05, 0.1) is 91.4 Å². The second-order valence-corrected chi connectivity index (χ2v) is 31.1. The molecule has 48 heteroatoms. The Morgan fingerprint density at radius 1 is 0.545 bits per heavy atom. The summed E-state index contributed by atoms with van der Waals surface area (Å²) in [6, 6.07) is 0. The van der Waals surface area contributed by atoms with Crippen LogP contribution in [0.1, 0.15) is 49.4 Å². The van der Waals surface area contributed by atoms with Crippen LogP contribution in [0, 0.1) is 13.8 Å². The lowest BCUT2D eigenvalue weighted by atomic mass is 10.1. The molecule has 4 fully saturated rings. The fourth-order valence-corrected chi connectivity index (χ4v) is 15.7. The number of aliphatic hydroxyl groups is 1. The molecule has 6 aromatic rings. The zero-order valence-electron chi connectivity index (χ0n) is 54.9. The molecule has 10 N–H and O–H groups in total. The molecule has 0 amide bonds. The number of hydrogen-bond acceptors (Lipinski definition) is 38. The van der Waals surface area contributed by atoms with Gasteiger partial charge in [0.25, 0.3) is 16.7 Å². The van der Waals surface area contributed by atoms with E-state index in [-0.39, 0.29) is 105 Å². The number of fused-ring (bicyclic) bond motifs is 2. The lowest BCUT2D eigenvalue weighted by molar-refractivity contribution is -0.219. The minimum atomic E-state index is -5.11. The monoisotopic (exact) mass is 1540 g/mol. The van der Waals surface area contributed by atoms with Gasteiger partial charge in [-0.1, -0.05) is 30.5 Å². The van der Waals surface area contributed by atoms with Gasteiger partial charge in [-0.05, 0) is 20.3 Å². The SMILES string of the molecule is CC[C@H]1O[C@@H](n2cc(C)c(=O)[nH]c2=O)C(OCCOC)[C@H]1OP([O-])(=S)OC[C@H]1O[C@@H](n2cnc3c(=O)[nH]c(N)nc32)C(OCCOC)[C@H]1OP(=O)([S-])OC[C@H]1O[C@@H](n2cnc3c(=O)[nH]c(N)nc32)C(OCCOC)[C@H]1OP([O-])(=S)OC[C@H]1O[C@@H](n2cc(C)c(N)nc2=O)C(OCCOC)[C@H]1O. The van der Waals surface area contributed by atoms with Crippen molar-refractivity contribution in [3.05, 3.63) is 88.2 Å². The number of aromatic amines is 3. The predicted molar refractivity (Wildman–Crippen MR) is 353 cm³/mol. The van der Waals surface area contributed by atoms with E-state index in [1.54, 1.807) is 13.8 Å². The summed E-state index contributed by atoms with van der Waals surface area (Å²) in [6.07, 6.45) is -18.1. The highest BCUT2D eigenvalue weighted by Crippen LogP contribution is 2.54. The molecule has 0 bridgehead atoms. The molecule has 4 aliphatic rings. The fraction of sp³-hybridized carbons (Fsp3) is 0.660. The third-order valence-corrected chi connectivity index (χ3v) is 20.8. The van der Waals surface area contributed by atoms with Crippen LogP contribution < -0.4 is 55.0 Å². The van der Waals surface area contributed by atoms with Crippen molar-refractivity contribution in [1.29, 1.82) is 0 Å². The maximum Gasteiger partial charge on any atom is 0.351 e. The third-order valence-electron chi connectivity index (χ3n) is 16.2. The number of imidazole rings is 2. The van der Waals surface area contributed by atoms with Crippen LogP contribution in [0.15, 0.2) is 49.0 Å². The summed E-state index contributed by atoms with van der Waals surface area (Å²) >= 11 is 16.7. The van der Waals surface area contributed by atoms with Crippen molar-refractivity contribution in [2.24, 2.45) is 0 Å². The van der Waals surface area contributed by atoms with Gasteiger partial charge < -0.3 is 128 Å². The summed E-state index contributed by atoms with van der Waals surface area (Å²) in [6.45, 7) is -13.3. The molecule has 0 radical (unpaired) electrons. The number of nitrogen functional groups attached to an aromatic ring is 3. The van der Waals surface area contributed by atoms with Crippen molar-refractivity contribution in [2.45, 2.75) is 125 Å². The van der Waals surface area contributed by atoms with Gasteiger partial charge in [-0.2, -0.15) is 15.0 Å². The van der Waals surface area contributed by atoms with Crippen molar-refractivity contribution < 1.29 is 103 Å². The summed E-state index contributed by atoms with van der Waals surface area (Å²) < 4.78 is 127. The number of rotatable bonds is 36. The topological polar surface area (TPSA) is 545 Å². The van der Waals surface area contributed by atoms with E-state index < -0.39 is 166 Å². The Morgan fingerprint density at radius 2 is 0.950 bits per heavy atom. The molecule has 101 heavy (non-hydrogen) atoms. The Bertz CT molecular complexity index is 4320. The number of aryl methyl sites for hydroxylation is 2. The Morgan fingerprint density at radius 3 is 1.44 bits per heavy atom. The molecule has 4 saturated heterocycles. The Labute approximate surface area is 587 Å². The predicted octanol–water partition coefficient (Wildman–Crippen LogP) is -3.06. The van der Waals surface area contributed by atoms with Gasteiger partial charge >= 0.3 is 11.4 Å². The van der Waals surface area contributed by atoms with E-state index in [4.69, 9.17) is 137 Å². The molecule has 0 aliphatic carbocycles. The average molecular weight is 1540 g/mol. The van der Waals surface area contributed by atoms with Crippen LogP contribution in [0.2, 0.25) is 0 Å². The van der Waals surface area contributed by atoms with Gasteiger partial charge in [-0.15, -0.1) is 0 Å². The molecule has 560 valence electrons. The van der Waals surface area contributed by atoms with E-state index in [0.717, 1.165) is 21.8 Å². The molecule has 7 unspecified atom stereocenters. The smallest absolute Gasteiger partial charge is 0.351 e. The molecular formula is C53H75N15O27P3S3-3. The van der Waals surface area contributed by atoms with Gasteiger partial charge in [-0.25, -0.2) is 19.6 Å². The number of anilines is 3. The highest BCUT2D eigenvalue weighted by atomic mass is 32.7. The second-order valence-electron chi connectivity index (χ2n) is 22.9. The number of H-pyrrole nitrogens is 3. The van der Waals surface area contributed by atoms with Crippen LogP contribution in [-0.4, -0.2) is 238 Å². The number of nitrogens with zero attached hydrogens (tertiary/aromatic N) is 9. The Kier molecular flexibility index (Phi) is 26.2. The van der Waals surface area contributed by atoms with Crippen molar-refractivity contribution in [3.8, 4) is 0 Å². The van der Waals surface area contributed by atoms with Gasteiger partial charge in [0, 0.05) is 52.0 Å². The molecule has 19 atom stereocenters. The lowest BCUT2D eigenvalue weighted by Gasteiger charge is -2.36. The molecule has 10 rings (SSSR count). The van der Waals surface area contributed by atoms with Crippen molar-refractivity contribution in [2.75, 3.05) is 118 Å². The Hall–Kier alpha value is -5.30. The van der Waals surface area contributed by atoms with Crippen LogP contribution in [0.25, 0.3) is 22.3 Å². The van der Waals surface area contributed by atoms with E-state index >= 15 is 4.57 Å². The number of nitrogens with two attached hydrogens (primary N) is 3. The van der Waals surface area contributed by atoms with E-state index in [1.807, 2.05) is 0 Å². The summed E-state index contributed by atoms with van der Waals surface area (Å²) in [5.41, 5.74) is 13.9. The van der Waals surface area contributed by atoms with Gasteiger partial charge in [-0.3, -0.25) is 52.2 Å². The maximum atomic E-state index is 15.2. The van der Waals surface area contributed by atoms with Crippen LogP contribution in [-0.2, 0) is 124 Å². The Balaban J connectivity index is 0.957. The molecule has 0 saturated carbocycles. The van der Waals surface area contributed by atoms with Crippen molar-refractivity contribution >= 4 is 96.1 Å². The first-order valence-electron chi connectivity index (χ1n) is 30.9. The van der Waals surface area contributed by atoms with Gasteiger partial charge in [0.15, 0.2) is 54.0 Å². The number of methoxy groups -OCH3 is 4. The summed E-state index contributed by atoms with van der Waals surface area (Å²) in [4.78, 5) is 122. The first-order valence-corrected chi connectivity index (χ1v) is 38.5. The molecule has 42 nitrogen and oxygen atoms in total. The van der Waals surface area contributed by atoms with Crippen LogP contribution >= 0.6 is 20.2 Å². The average Bonchev–Trinajstić information content (AvgIpc) is 1.63. The highest BCUT2D eigenvalue weighted by Gasteiger charge is 2.54. The quantitative estimate of drug-likeness (QED) is 0.0117. The van der Waals surface area contributed by atoms with Crippen molar-refractivity contribution in [1.82, 2.24) is 58.1 Å². The molecule has 10 heterocycles. The molecule has 0 spiro atoms. The van der Waals surface area contributed by atoms with E-state index in [0.29, 0.717) is 5.56 Å². The summed E-state index contributed by atoms with van der Waals surface area (Å²) in [5.74, 6) is -0.723. The molecule has 6 aromatic heterocycles. The number of nitrogens with one attached hydrogen (secondary N) is 3. The third kappa shape index (κ3) is 18.2. The minimum Gasteiger partial charge on any atom is -0.780 e. The highest BCUT2D eigenvalue weighted by molar-refractivity contribution is 8.32. The number of aromatic nitrogens is 12. The molecular weight excluding hydrogens is 1470 g/mol. The minimum absolute atomic E-state index is 0.0516. The van der Waals surface area contributed by atoms with Crippen LogP contribution in [0.3, 0.4) is 0 Å². The number of aliphatic hydroxyl groups excluding tert-OH is 1. The normalized spacial score (nSPS) is 28.7. The second kappa shape index (κ2) is 33.9. The largest absolute Gasteiger partial charge is 0.780 e. The first-order chi connectivity index (χ1) is 48.1. The summed E-state index contributed by atoms with van der Waals surface area (Å²) in [7, 11) is 5.60. The zero-order chi connectivity index (χ0) is 72.8. The number of hydrogen-bond donors (Lipinski definition) is 7. The fourth-order valence-electron chi connectivity index (χ4n) is 11.5. The zero-order valence-corrected chi connectivity index (χ0v) is 60.1.